The van der Waals surface area contributed by atoms with Crippen molar-refractivity contribution in [1.82, 2.24) is 4.90 Å². The molecule has 0 radical (unpaired) electrons. The van der Waals surface area contributed by atoms with Gasteiger partial charge in [-0.15, -0.1) is 0 Å². The summed E-state index contributed by atoms with van der Waals surface area (Å²) in [5.41, 5.74) is 1.51. The number of carbonyl (C=O) groups is 2. The number of rotatable bonds is 2. The van der Waals surface area contributed by atoms with Gasteiger partial charge in [0.2, 0.25) is 5.91 Å². The normalized spacial score (nSPS) is 31.7. The molecule has 1 amide bonds. The molecule has 5 atom stereocenters. The van der Waals surface area contributed by atoms with E-state index in [0.29, 0.717) is 44.0 Å². The molecule has 2 aromatic carbocycles. The van der Waals surface area contributed by atoms with Crippen LogP contribution in [-0.4, -0.2) is 78.1 Å². The van der Waals surface area contributed by atoms with E-state index >= 15 is 0 Å². The molecule has 43 heavy (non-hydrogen) atoms. The minimum Gasteiger partial charge on any atom is -0.490 e. The van der Waals surface area contributed by atoms with Crippen molar-refractivity contribution in [3.05, 3.63) is 70.3 Å². The summed E-state index contributed by atoms with van der Waals surface area (Å²) >= 11 is 6.40. The zero-order valence-electron chi connectivity index (χ0n) is 24.7. The van der Waals surface area contributed by atoms with Gasteiger partial charge in [-0.25, -0.2) is 0 Å². The Labute approximate surface area is 257 Å². The summed E-state index contributed by atoms with van der Waals surface area (Å²) < 4.78 is 6.58. The predicted molar refractivity (Wildman–Crippen MR) is 165 cm³/mol. The summed E-state index contributed by atoms with van der Waals surface area (Å²) in [5.74, 6) is -0.589. The van der Waals surface area contributed by atoms with Gasteiger partial charge in [-0.05, 0) is 91.3 Å². The molecule has 1 spiro atoms. The van der Waals surface area contributed by atoms with E-state index in [1.165, 1.54) is 16.0 Å². The summed E-state index contributed by atoms with van der Waals surface area (Å²) in [6, 6.07) is 11.4. The Kier molecular flexibility index (Phi) is 8.22. The number of ether oxygens (including phenoxy) is 1. The fourth-order valence-corrected chi connectivity index (χ4v) is 7.84. The van der Waals surface area contributed by atoms with Crippen LogP contribution in [0.15, 0.2) is 48.6 Å². The van der Waals surface area contributed by atoms with E-state index in [0.717, 1.165) is 42.8 Å². The molecule has 2 heterocycles. The van der Waals surface area contributed by atoms with Gasteiger partial charge in [0.15, 0.2) is 0 Å². The molecule has 8 nitrogen and oxygen atoms in total. The molecule has 2 aliphatic heterocycles. The summed E-state index contributed by atoms with van der Waals surface area (Å²) in [5, 5.41) is 32.9. The van der Waals surface area contributed by atoms with Gasteiger partial charge >= 0.3 is 5.97 Å². The number of halogens is 1. The number of aliphatic hydroxyl groups is 2. The van der Waals surface area contributed by atoms with Crippen LogP contribution in [0, 0.1) is 11.8 Å². The van der Waals surface area contributed by atoms with Crippen molar-refractivity contribution in [3.8, 4) is 5.75 Å². The minimum absolute atomic E-state index is 0.114. The first-order valence-corrected chi connectivity index (χ1v) is 15.8. The van der Waals surface area contributed by atoms with E-state index in [1.807, 2.05) is 24.3 Å². The smallest absolute Gasteiger partial charge is 0.317 e. The van der Waals surface area contributed by atoms with Crippen LogP contribution in [-0.2, 0) is 26.8 Å². The van der Waals surface area contributed by atoms with Gasteiger partial charge in [0.05, 0.1) is 25.0 Å². The molecule has 9 heteroatoms. The number of aliphatic carboxylic acids is 1. The predicted octanol–water partition coefficient (Wildman–Crippen LogP) is 4.32. The molecule has 0 saturated heterocycles. The highest BCUT2D eigenvalue weighted by Gasteiger charge is 2.46. The highest BCUT2D eigenvalue weighted by atomic mass is 35.5. The van der Waals surface area contributed by atoms with Crippen molar-refractivity contribution in [2.45, 2.75) is 61.9 Å². The second-order valence-electron chi connectivity index (χ2n) is 13.0. The third-order valence-corrected chi connectivity index (χ3v) is 10.7. The molecule has 2 unspecified atom stereocenters. The van der Waals surface area contributed by atoms with Gasteiger partial charge in [0, 0.05) is 43.5 Å². The number of aliphatic hydroxyl groups excluding tert-OH is 2. The Bertz CT molecular complexity index is 1430. The van der Waals surface area contributed by atoms with Crippen molar-refractivity contribution in [3.63, 3.8) is 0 Å². The van der Waals surface area contributed by atoms with Crippen LogP contribution < -0.4 is 9.64 Å². The quantitative estimate of drug-likeness (QED) is 0.436. The molecule has 1 fully saturated rings. The first kappa shape index (κ1) is 30.0. The average molecular weight is 609 g/mol. The Morgan fingerprint density at radius 3 is 2.77 bits per heavy atom. The molecule has 0 aromatic heterocycles. The number of benzene rings is 2. The summed E-state index contributed by atoms with van der Waals surface area (Å²) in [4.78, 5) is 29.9. The van der Waals surface area contributed by atoms with E-state index in [2.05, 4.69) is 17.0 Å². The minimum atomic E-state index is -1.80. The Balaban J connectivity index is 1.47. The first-order chi connectivity index (χ1) is 20.7. The Hall–Kier alpha value is -3.07. The molecule has 1 saturated carbocycles. The number of aryl methyl sites for hydroxylation is 1. The lowest BCUT2D eigenvalue weighted by Crippen LogP contribution is -2.49. The summed E-state index contributed by atoms with van der Waals surface area (Å²) in [7, 11) is 1.64. The van der Waals surface area contributed by atoms with Crippen LogP contribution in [0.25, 0.3) is 0 Å². The fourth-order valence-electron chi connectivity index (χ4n) is 7.65. The van der Waals surface area contributed by atoms with Gasteiger partial charge in [-0.1, -0.05) is 35.9 Å². The maximum absolute atomic E-state index is 13.3. The van der Waals surface area contributed by atoms with Crippen molar-refractivity contribution >= 4 is 29.2 Å². The number of hydrogen-bond donors (Lipinski definition) is 3. The van der Waals surface area contributed by atoms with Crippen molar-refractivity contribution in [1.29, 1.82) is 0 Å². The van der Waals surface area contributed by atoms with Crippen LogP contribution in [0.1, 0.15) is 55.2 Å². The van der Waals surface area contributed by atoms with Crippen LogP contribution >= 0.6 is 11.6 Å². The van der Waals surface area contributed by atoms with Crippen LogP contribution in [0.4, 0.5) is 5.69 Å². The van der Waals surface area contributed by atoms with Gasteiger partial charge in [-0.2, -0.15) is 0 Å². The SMILES string of the molecule is CN1CC/C=C/C(O)[C@@H]2CC[C@H]2CN2C[C@@]3(CCCc4cc(Cl)ccc43)COc3ccc(cc32)C(CO)(C(=O)O)CC1=O. The number of anilines is 1. The lowest BCUT2D eigenvalue weighted by atomic mass is 9.68. The highest BCUT2D eigenvalue weighted by molar-refractivity contribution is 6.30. The standard InChI is InChI=1S/C34H41ClN2O6/c1-36-14-3-2-6-29(39)26-10-7-23(26)18-37-19-33(13-4-5-22-15-25(35)9-11-27(22)33)21-43-30-12-8-24(16-28(30)37)34(20-38,32(41)42)17-31(36)40/h2,6,8-9,11-12,15-16,23,26,29,38-39H,3-5,7,10,13-14,17-21H2,1H3,(H,41,42)/b6-2+/t23-,26+,29?,33-,34?/m0/s1. The van der Waals surface area contributed by atoms with Crippen molar-refractivity contribution < 1.29 is 29.6 Å². The largest absolute Gasteiger partial charge is 0.490 e. The monoisotopic (exact) mass is 608 g/mol. The van der Waals surface area contributed by atoms with Crippen molar-refractivity contribution in [2.75, 3.05) is 44.8 Å². The number of amides is 1. The number of carboxylic acids is 1. The molecule has 6 rings (SSSR count). The molecule has 2 bridgehead atoms. The van der Waals surface area contributed by atoms with Crippen LogP contribution in [0.5, 0.6) is 5.75 Å². The summed E-state index contributed by atoms with van der Waals surface area (Å²) in [6.07, 6.45) is 8.19. The lowest BCUT2D eigenvalue weighted by Gasteiger charge is -2.45. The molecule has 4 aliphatic rings. The van der Waals surface area contributed by atoms with Gasteiger partial charge in [0.25, 0.3) is 0 Å². The molecular formula is C34H41ClN2O6. The van der Waals surface area contributed by atoms with Gasteiger partial charge in [0.1, 0.15) is 11.2 Å². The van der Waals surface area contributed by atoms with E-state index in [-0.39, 0.29) is 29.6 Å². The number of carboxylic acid groups (broad SMARTS) is 1. The second-order valence-corrected chi connectivity index (χ2v) is 13.5. The molecule has 2 aromatic rings. The highest BCUT2D eigenvalue weighted by Crippen LogP contribution is 2.47. The second kappa shape index (κ2) is 11.8. The number of carbonyl (C=O) groups excluding carboxylic acids is 1. The molecule has 230 valence electrons. The number of hydrogen-bond acceptors (Lipinski definition) is 6. The van der Waals surface area contributed by atoms with E-state index in [4.69, 9.17) is 16.3 Å². The lowest BCUT2D eigenvalue weighted by molar-refractivity contribution is -0.149. The van der Waals surface area contributed by atoms with Crippen molar-refractivity contribution in [2.24, 2.45) is 11.8 Å². The third kappa shape index (κ3) is 5.42. The molecular weight excluding hydrogens is 568 g/mol. The maximum Gasteiger partial charge on any atom is 0.317 e. The van der Waals surface area contributed by atoms with Gasteiger partial charge in [-0.3, -0.25) is 9.59 Å². The molecule has 3 N–H and O–H groups in total. The average Bonchev–Trinajstić information content (AvgIpc) is 3.12. The topological polar surface area (TPSA) is 111 Å². The first-order valence-electron chi connectivity index (χ1n) is 15.4. The Morgan fingerprint density at radius 1 is 1.19 bits per heavy atom. The maximum atomic E-state index is 13.3. The Morgan fingerprint density at radius 2 is 2.02 bits per heavy atom. The molecule has 2 aliphatic carbocycles. The van der Waals surface area contributed by atoms with E-state index < -0.39 is 24.1 Å². The number of nitrogens with zero attached hydrogens (tertiary/aromatic N) is 2. The fraction of sp³-hybridized carbons (Fsp3) is 0.529. The van der Waals surface area contributed by atoms with E-state index in [9.17, 15) is 24.9 Å². The van der Waals surface area contributed by atoms with Crippen LogP contribution in [0.2, 0.25) is 5.02 Å². The number of fused-ring (bicyclic) bond motifs is 4. The zero-order valence-corrected chi connectivity index (χ0v) is 25.4. The van der Waals surface area contributed by atoms with Gasteiger partial charge < -0.3 is 29.9 Å². The van der Waals surface area contributed by atoms with Crippen LogP contribution in [0.3, 0.4) is 0 Å². The summed E-state index contributed by atoms with van der Waals surface area (Å²) in [6.45, 7) is 1.49. The zero-order chi connectivity index (χ0) is 30.4. The third-order valence-electron chi connectivity index (χ3n) is 10.5. The van der Waals surface area contributed by atoms with E-state index in [1.54, 1.807) is 19.2 Å².